The molecule has 0 aliphatic carbocycles. The molecule has 138 valence electrons. The summed E-state index contributed by atoms with van der Waals surface area (Å²) < 4.78 is 20.8. The van der Waals surface area contributed by atoms with Crippen LogP contribution in [0.2, 0.25) is 0 Å². The van der Waals surface area contributed by atoms with Crippen LogP contribution in [0.15, 0.2) is 24.4 Å². The first-order valence-electron chi connectivity index (χ1n) is 9.04. The van der Waals surface area contributed by atoms with Gasteiger partial charge in [0, 0.05) is 42.5 Å². The fraction of sp³-hybridized carbons (Fsp3) is 0.526. The average molecular weight is 374 g/mol. The van der Waals surface area contributed by atoms with E-state index in [-0.39, 0.29) is 11.7 Å². The molecule has 4 heterocycles. The molecule has 5 nitrogen and oxygen atoms in total. The number of halogens is 1. The normalized spacial score (nSPS) is 22.4. The molecule has 0 spiro atoms. The minimum absolute atomic E-state index is 0.283. The van der Waals surface area contributed by atoms with Gasteiger partial charge in [0.1, 0.15) is 5.82 Å². The van der Waals surface area contributed by atoms with Gasteiger partial charge in [-0.2, -0.15) is 0 Å². The number of pyridine rings is 1. The predicted octanol–water partition coefficient (Wildman–Crippen LogP) is 3.57. The van der Waals surface area contributed by atoms with E-state index < -0.39 is 0 Å². The molecule has 2 aromatic heterocycles. The van der Waals surface area contributed by atoms with Crippen molar-refractivity contribution in [1.29, 1.82) is 0 Å². The Kier molecular flexibility index (Phi) is 5.09. The zero-order valence-corrected chi connectivity index (χ0v) is 15.9. The van der Waals surface area contributed by atoms with Gasteiger partial charge in [0.2, 0.25) is 0 Å². The zero-order valence-electron chi connectivity index (χ0n) is 15.1. The third kappa shape index (κ3) is 3.42. The largest absolute Gasteiger partial charge is 0.381 e. The molecule has 0 amide bonds. The van der Waals surface area contributed by atoms with Gasteiger partial charge in [-0.3, -0.25) is 4.98 Å². The SMILES string of the molecule is Cc1nnn(C)c1C1=CC(C(c2ccc(F)cn2)C2CCOCC2)CS1. The van der Waals surface area contributed by atoms with Crippen LogP contribution in [0.4, 0.5) is 4.39 Å². The minimum Gasteiger partial charge on any atom is -0.381 e. The van der Waals surface area contributed by atoms with Crippen LogP contribution in [0.5, 0.6) is 0 Å². The molecule has 1 saturated heterocycles. The maximum Gasteiger partial charge on any atom is 0.141 e. The summed E-state index contributed by atoms with van der Waals surface area (Å²) in [5.41, 5.74) is 3.03. The molecule has 4 rings (SSSR count). The Hall–Kier alpha value is -1.73. The smallest absolute Gasteiger partial charge is 0.141 e. The summed E-state index contributed by atoms with van der Waals surface area (Å²) in [6.45, 7) is 3.58. The van der Waals surface area contributed by atoms with Crippen LogP contribution in [0, 0.1) is 24.6 Å². The van der Waals surface area contributed by atoms with E-state index in [4.69, 9.17) is 4.74 Å². The predicted molar refractivity (Wildman–Crippen MR) is 100 cm³/mol. The summed E-state index contributed by atoms with van der Waals surface area (Å²) in [6.07, 6.45) is 5.74. The molecule has 0 saturated carbocycles. The maximum atomic E-state index is 13.4. The summed E-state index contributed by atoms with van der Waals surface area (Å²) in [5.74, 6) is 1.87. The molecule has 2 aromatic rings. The van der Waals surface area contributed by atoms with Crippen molar-refractivity contribution < 1.29 is 9.13 Å². The highest BCUT2D eigenvalue weighted by molar-refractivity contribution is 8.08. The van der Waals surface area contributed by atoms with Gasteiger partial charge in [0.25, 0.3) is 0 Å². The Morgan fingerprint density at radius 3 is 2.77 bits per heavy atom. The molecule has 2 unspecified atom stereocenters. The van der Waals surface area contributed by atoms with Gasteiger partial charge in [-0.25, -0.2) is 9.07 Å². The Balaban J connectivity index is 1.66. The number of ether oxygens (including phenoxy) is 1. The van der Waals surface area contributed by atoms with E-state index in [0.717, 1.165) is 48.9 Å². The molecule has 26 heavy (non-hydrogen) atoms. The van der Waals surface area contributed by atoms with Crippen molar-refractivity contribution in [2.45, 2.75) is 25.7 Å². The van der Waals surface area contributed by atoms with Crippen LogP contribution in [0.1, 0.15) is 35.8 Å². The Morgan fingerprint density at radius 1 is 1.31 bits per heavy atom. The van der Waals surface area contributed by atoms with Crippen molar-refractivity contribution in [2.24, 2.45) is 18.9 Å². The third-order valence-electron chi connectivity index (χ3n) is 5.35. The second-order valence-corrected chi connectivity index (χ2v) is 8.09. The van der Waals surface area contributed by atoms with Gasteiger partial charge in [0.15, 0.2) is 0 Å². The van der Waals surface area contributed by atoms with Crippen LogP contribution in [0.25, 0.3) is 4.91 Å². The molecule has 2 aliphatic rings. The molecule has 0 N–H and O–H groups in total. The van der Waals surface area contributed by atoms with Crippen molar-refractivity contribution in [2.75, 3.05) is 19.0 Å². The number of rotatable bonds is 4. The van der Waals surface area contributed by atoms with Crippen LogP contribution < -0.4 is 0 Å². The van der Waals surface area contributed by atoms with Crippen LogP contribution >= 0.6 is 11.8 Å². The fourth-order valence-electron chi connectivity index (χ4n) is 4.10. The number of aromatic nitrogens is 4. The zero-order chi connectivity index (χ0) is 18.1. The Labute approximate surface area is 157 Å². The van der Waals surface area contributed by atoms with Crippen LogP contribution in [-0.2, 0) is 11.8 Å². The quantitative estimate of drug-likeness (QED) is 0.819. The summed E-state index contributed by atoms with van der Waals surface area (Å²) in [4.78, 5) is 5.67. The van der Waals surface area contributed by atoms with E-state index in [1.807, 2.05) is 36.5 Å². The van der Waals surface area contributed by atoms with Gasteiger partial charge in [-0.15, -0.1) is 16.9 Å². The number of aryl methyl sites for hydroxylation is 2. The maximum absolute atomic E-state index is 13.4. The lowest BCUT2D eigenvalue weighted by atomic mass is 9.76. The third-order valence-corrected chi connectivity index (χ3v) is 6.54. The number of hydrogen-bond acceptors (Lipinski definition) is 5. The summed E-state index contributed by atoms with van der Waals surface area (Å²) in [7, 11) is 1.93. The molecule has 2 atom stereocenters. The van der Waals surface area contributed by atoms with Gasteiger partial charge in [0.05, 0.1) is 17.6 Å². The molecule has 2 aliphatic heterocycles. The molecule has 0 aromatic carbocycles. The van der Waals surface area contributed by atoms with Gasteiger partial charge >= 0.3 is 0 Å². The van der Waals surface area contributed by atoms with Crippen molar-refractivity contribution in [3.63, 3.8) is 0 Å². The Bertz CT molecular complexity index is 779. The van der Waals surface area contributed by atoms with Gasteiger partial charge in [-0.1, -0.05) is 11.3 Å². The second kappa shape index (κ2) is 7.48. The number of hydrogen-bond donors (Lipinski definition) is 0. The Morgan fingerprint density at radius 2 is 2.12 bits per heavy atom. The highest BCUT2D eigenvalue weighted by atomic mass is 32.2. The lowest BCUT2D eigenvalue weighted by Gasteiger charge is -2.33. The molecular formula is C19H23FN4OS. The monoisotopic (exact) mass is 374 g/mol. The molecule has 0 bridgehead atoms. The molecule has 7 heteroatoms. The van der Waals surface area contributed by atoms with Crippen molar-refractivity contribution >= 4 is 16.7 Å². The van der Waals surface area contributed by atoms with Gasteiger partial charge < -0.3 is 4.74 Å². The van der Waals surface area contributed by atoms with E-state index >= 15 is 0 Å². The van der Waals surface area contributed by atoms with Gasteiger partial charge in [-0.05, 0) is 43.7 Å². The first-order chi connectivity index (χ1) is 12.6. The lowest BCUT2D eigenvalue weighted by molar-refractivity contribution is 0.0534. The van der Waals surface area contributed by atoms with Crippen LogP contribution in [0.3, 0.4) is 0 Å². The number of thioether (sulfide) groups is 1. The van der Waals surface area contributed by atoms with E-state index in [0.29, 0.717) is 11.8 Å². The minimum atomic E-state index is -0.284. The first kappa shape index (κ1) is 17.7. The molecule has 0 radical (unpaired) electrons. The van der Waals surface area contributed by atoms with Crippen molar-refractivity contribution in [1.82, 2.24) is 20.0 Å². The molecule has 1 fully saturated rings. The fourth-order valence-corrected chi connectivity index (χ4v) is 5.46. The topological polar surface area (TPSA) is 52.8 Å². The second-order valence-electron chi connectivity index (χ2n) is 7.03. The van der Waals surface area contributed by atoms with Crippen molar-refractivity contribution in [3.05, 3.63) is 47.3 Å². The van der Waals surface area contributed by atoms with E-state index in [1.54, 1.807) is 0 Å². The first-order valence-corrected chi connectivity index (χ1v) is 10.0. The van der Waals surface area contributed by atoms with E-state index in [9.17, 15) is 4.39 Å². The highest BCUT2D eigenvalue weighted by Gasteiger charge is 2.35. The highest BCUT2D eigenvalue weighted by Crippen LogP contribution is 2.46. The standard InChI is InChI=1S/C19H23FN4OS/c1-12-19(24(2)23-22-12)17-9-14(11-26-17)18(13-5-7-25-8-6-13)16-4-3-15(20)10-21-16/h3-4,9-10,13-14,18H,5-8,11H2,1-2H3. The van der Waals surface area contributed by atoms with E-state index in [1.165, 1.54) is 17.2 Å². The number of nitrogens with zero attached hydrogens (tertiary/aromatic N) is 4. The average Bonchev–Trinajstić information content (AvgIpc) is 3.24. The number of allylic oxidation sites excluding steroid dienone is 1. The summed E-state index contributed by atoms with van der Waals surface area (Å²) in [5, 5.41) is 8.31. The van der Waals surface area contributed by atoms with Crippen molar-refractivity contribution in [3.8, 4) is 0 Å². The lowest BCUT2D eigenvalue weighted by Crippen LogP contribution is -2.27. The van der Waals surface area contributed by atoms with Crippen LogP contribution in [-0.4, -0.2) is 38.9 Å². The summed E-state index contributed by atoms with van der Waals surface area (Å²) in [6, 6.07) is 3.37. The van der Waals surface area contributed by atoms with E-state index in [2.05, 4.69) is 21.4 Å². The molecular weight excluding hydrogens is 351 g/mol. The summed E-state index contributed by atoms with van der Waals surface area (Å²) >= 11 is 1.85.